The summed E-state index contributed by atoms with van der Waals surface area (Å²) < 4.78 is 5.51. The van der Waals surface area contributed by atoms with Crippen LogP contribution in [-0.4, -0.2) is 32.7 Å². The van der Waals surface area contributed by atoms with Crippen LogP contribution in [0.1, 0.15) is 35.7 Å². The second kappa shape index (κ2) is 5.65. The van der Waals surface area contributed by atoms with Gasteiger partial charge in [-0.05, 0) is 11.1 Å². The van der Waals surface area contributed by atoms with Crippen LogP contribution in [0, 0.1) is 0 Å². The van der Waals surface area contributed by atoms with Crippen molar-refractivity contribution in [3.63, 3.8) is 0 Å². The Labute approximate surface area is 122 Å². The fourth-order valence-corrected chi connectivity index (χ4v) is 2.70. The molecule has 1 unspecified atom stereocenters. The van der Waals surface area contributed by atoms with Gasteiger partial charge in [0, 0.05) is 19.5 Å². The lowest BCUT2D eigenvalue weighted by molar-refractivity contribution is -0.139. The van der Waals surface area contributed by atoms with E-state index in [2.05, 4.69) is 10.2 Å². The predicted molar refractivity (Wildman–Crippen MR) is 74.6 cm³/mol. The van der Waals surface area contributed by atoms with E-state index in [-0.39, 0.29) is 0 Å². The van der Waals surface area contributed by atoms with Crippen molar-refractivity contribution < 1.29 is 14.3 Å². The number of hydrogen-bond acceptors (Lipinski definition) is 5. The highest BCUT2D eigenvalue weighted by molar-refractivity contribution is 5.77. The molecule has 1 aromatic carbocycles. The van der Waals surface area contributed by atoms with Crippen LogP contribution in [0.15, 0.2) is 28.7 Å². The Balaban J connectivity index is 1.81. The number of benzene rings is 1. The van der Waals surface area contributed by atoms with Crippen LogP contribution in [0.3, 0.4) is 0 Å². The normalized spacial score (nSPS) is 18.4. The van der Waals surface area contributed by atoms with Crippen LogP contribution >= 0.6 is 0 Å². The lowest BCUT2D eigenvalue weighted by atomic mass is 9.90. The Morgan fingerprint density at radius 3 is 2.86 bits per heavy atom. The molecular formula is C15H17N3O3. The van der Waals surface area contributed by atoms with Gasteiger partial charge in [0.05, 0.1) is 12.5 Å². The van der Waals surface area contributed by atoms with Crippen LogP contribution in [-0.2, 0) is 24.3 Å². The molecule has 1 aromatic heterocycles. The molecule has 0 spiro atoms. The first-order valence-electron chi connectivity index (χ1n) is 7.01. The number of carboxylic acid groups (broad SMARTS) is 1. The summed E-state index contributed by atoms with van der Waals surface area (Å²) in [4.78, 5) is 13.5. The van der Waals surface area contributed by atoms with E-state index in [4.69, 9.17) is 4.42 Å². The molecule has 1 aliphatic rings. The van der Waals surface area contributed by atoms with Gasteiger partial charge in [0.15, 0.2) is 0 Å². The summed E-state index contributed by atoms with van der Waals surface area (Å²) in [7, 11) is 0. The second-order valence-corrected chi connectivity index (χ2v) is 5.20. The molecule has 110 valence electrons. The van der Waals surface area contributed by atoms with E-state index in [9.17, 15) is 9.90 Å². The maximum atomic E-state index is 11.5. The molecule has 0 saturated carbocycles. The van der Waals surface area contributed by atoms with Gasteiger partial charge in [-0.2, -0.15) is 0 Å². The lowest BCUT2D eigenvalue weighted by Gasteiger charge is -2.31. The zero-order chi connectivity index (χ0) is 14.8. The molecule has 0 saturated heterocycles. The van der Waals surface area contributed by atoms with Crippen molar-refractivity contribution in [3.8, 4) is 0 Å². The molecule has 0 amide bonds. The van der Waals surface area contributed by atoms with Gasteiger partial charge < -0.3 is 9.52 Å². The third-order valence-electron chi connectivity index (χ3n) is 3.73. The van der Waals surface area contributed by atoms with E-state index >= 15 is 0 Å². The highest BCUT2D eigenvalue weighted by Gasteiger charge is 2.30. The summed E-state index contributed by atoms with van der Waals surface area (Å²) in [6.45, 7) is 3.58. The van der Waals surface area contributed by atoms with Crippen LogP contribution in [0.5, 0.6) is 0 Å². The van der Waals surface area contributed by atoms with Crippen molar-refractivity contribution in [2.75, 3.05) is 6.54 Å². The third-order valence-corrected chi connectivity index (χ3v) is 3.73. The third kappa shape index (κ3) is 2.80. The molecule has 1 aliphatic heterocycles. The number of fused-ring (bicyclic) bond motifs is 1. The van der Waals surface area contributed by atoms with E-state index in [1.54, 1.807) is 0 Å². The van der Waals surface area contributed by atoms with E-state index < -0.39 is 11.9 Å². The standard InChI is InChI=1S/C15H17N3O3/c1-2-13-16-17-14(21-13)9-18-7-10-5-3-4-6-11(10)12(8-18)15(19)20/h3-6,12H,2,7-9H2,1H3,(H,19,20). The van der Waals surface area contributed by atoms with E-state index in [0.717, 1.165) is 11.1 Å². The average molecular weight is 287 g/mol. The van der Waals surface area contributed by atoms with Gasteiger partial charge >= 0.3 is 5.97 Å². The zero-order valence-electron chi connectivity index (χ0n) is 11.8. The second-order valence-electron chi connectivity index (χ2n) is 5.20. The average Bonchev–Trinajstić information content (AvgIpc) is 2.94. The molecule has 1 N–H and O–H groups in total. The quantitative estimate of drug-likeness (QED) is 0.924. The number of carboxylic acids is 1. The van der Waals surface area contributed by atoms with Gasteiger partial charge in [0.2, 0.25) is 11.8 Å². The predicted octanol–water partition coefficient (Wildman–Crippen LogP) is 1.82. The van der Waals surface area contributed by atoms with Crippen molar-refractivity contribution in [1.29, 1.82) is 0 Å². The molecule has 1 atom stereocenters. The SMILES string of the molecule is CCc1nnc(CN2Cc3ccccc3C(C(=O)O)C2)o1. The van der Waals surface area contributed by atoms with E-state index in [1.807, 2.05) is 36.1 Å². The minimum Gasteiger partial charge on any atom is -0.481 e. The molecule has 21 heavy (non-hydrogen) atoms. The highest BCUT2D eigenvalue weighted by Crippen LogP contribution is 2.29. The Kier molecular flexibility index (Phi) is 3.70. The first kappa shape index (κ1) is 13.8. The zero-order valence-corrected chi connectivity index (χ0v) is 11.8. The first-order valence-corrected chi connectivity index (χ1v) is 7.01. The Bertz CT molecular complexity index is 653. The molecule has 0 aliphatic carbocycles. The monoisotopic (exact) mass is 287 g/mol. The maximum Gasteiger partial charge on any atom is 0.312 e. The van der Waals surface area contributed by atoms with Gasteiger partial charge in [-0.3, -0.25) is 9.69 Å². The summed E-state index contributed by atoms with van der Waals surface area (Å²) in [6.07, 6.45) is 0.702. The van der Waals surface area contributed by atoms with Crippen LogP contribution in [0.4, 0.5) is 0 Å². The molecule has 0 fully saturated rings. The maximum absolute atomic E-state index is 11.5. The summed E-state index contributed by atoms with van der Waals surface area (Å²) >= 11 is 0. The van der Waals surface area contributed by atoms with Crippen molar-refractivity contribution in [2.24, 2.45) is 0 Å². The van der Waals surface area contributed by atoms with Crippen molar-refractivity contribution >= 4 is 5.97 Å². The summed E-state index contributed by atoms with van der Waals surface area (Å²) in [5.41, 5.74) is 1.95. The van der Waals surface area contributed by atoms with Crippen molar-refractivity contribution in [2.45, 2.75) is 32.4 Å². The smallest absolute Gasteiger partial charge is 0.312 e. The molecule has 6 nitrogen and oxygen atoms in total. The van der Waals surface area contributed by atoms with Gasteiger partial charge in [0.25, 0.3) is 0 Å². The fourth-order valence-electron chi connectivity index (χ4n) is 2.70. The number of nitrogens with zero attached hydrogens (tertiary/aromatic N) is 3. The Morgan fingerprint density at radius 2 is 2.14 bits per heavy atom. The molecular weight excluding hydrogens is 270 g/mol. The van der Waals surface area contributed by atoms with E-state index in [1.165, 1.54) is 0 Å². The summed E-state index contributed by atoms with van der Waals surface area (Å²) in [5.74, 6) is -0.164. The number of hydrogen-bond donors (Lipinski definition) is 1. The van der Waals surface area contributed by atoms with Gasteiger partial charge in [-0.15, -0.1) is 10.2 Å². The molecule has 6 heteroatoms. The molecule has 0 bridgehead atoms. The van der Waals surface area contributed by atoms with Crippen molar-refractivity contribution in [1.82, 2.24) is 15.1 Å². The first-order chi connectivity index (χ1) is 10.2. The highest BCUT2D eigenvalue weighted by atomic mass is 16.4. The summed E-state index contributed by atoms with van der Waals surface area (Å²) in [5, 5.41) is 17.4. The summed E-state index contributed by atoms with van der Waals surface area (Å²) in [6, 6.07) is 7.69. The Morgan fingerprint density at radius 1 is 1.38 bits per heavy atom. The Hall–Kier alpha value is -2.21. The van der Waals surface area contributed by atoms with Crippen LogP contribution < -0.4 is 0 Å². The van der Waals surface area contributed by atoms with Gasteiger partial charge in [-0.25, -0.2) is 0 Å². The number of carbonyl (C=O) groups is 1. The van der Waals surface area contributed by atoms with Crippen LogP contribution in [0.25, 0.3) is 0 Å². The molecule has 3 rings (SSSR count). The fraction of sp³-hybridized carbons (Fsp3) is 0.400. The number of aromatic nitrogens is 2. The molecule has 2 heterocycles. The molecule has 2 aromatic rings. The van der Waals surface area contributed by atoms with Gasteiger partial charge in [0.1, 0.15) is 0 Å². The van der Waals surface area contributed by atoms with Crippen molar-refractivity contribution in [3.05, 3.63) is 47.2 Å². The minimum atomic E-state index is -0.799. The number of aryl methyl sites for hydroxylation is 1. The minimum absolute atomic E-state index is 0.455. The van der Waals surface area contributed by atoms with Crippen LogP contribution in [0.2, 0.25) is 0 Å². The van der Waals surface area contributed by atoms with Gasteiger partial charge in [-0.1, -0.05) is 31.2 Å². The van der Waals surface area contributed by atoms with E-state index in [0.29, 0.717) is 37.8 Å². The topological polar surface area (TPSA) is 79.5 Å². The lowest BCUT2D eigenvalue weighted by Crippen LogP contribution is -2.36. The number of rotatable bonds is 4. The largest absolute Gasteiger partial charge is 0.481 e. The molecule has 0 radical (unpaired) electrons. The number of aliphatic carboxylic acids is 1.